The predicted molar refractivity (Wildman–Crippen MR) is 52.9 cm³/mol. The fourth-order valence-corrected chi connectivity index (χ4v) is 3.88. The van der Waals surface area contributed by atoms with Crippen molar-refractivity contribution in [2.24, 2.45) is 29.1 Å². The van der Waals surface area contributed by atoms with E-state index in [1.807, 2.05) is 0 Å². The summed E-state index contributed by atoms with van der Waals surface area (Å²) in [5, 5.41) is 0. The first kappa shape index (κ1) is 8.59. The Morgan fingerprint density at radius 2 is 1.92 bits per heavy atom. The SMILES string of the molecule is CC1CCC2(C(C)C)C(C)C2C1. The summed E-state index contributed by atoms with van der Waals surface area (Å²) in [6, 6.07) is 0. The summed E-state index contributed by atoms with van der Waals surface area (Å²) in [4.78, 5) is 0. The van der Waals surface area contributed by atoms with E-state index in [1.165, 1.54) is 19.3 Å². The molecule has 0 N–H and O–H groups in total. The molecule has 0 aliphatic heterocycles. The smallest absolute Gasteiger partial charge is 0.0215 e. The van der Waals surface area contributed by atoms with Gasteiger partial charge in [-0.25, -0.2) is 0 Å². The van der Waals surface area contributed by atoms with Gasteiger partial charge in [0.25, 0.3) is 0 Å². The summed E-state index contributed by atoms with van der Waals surface area (Å²) in [6.07, 6.45) is 4.51. The van der Waals surface area contributed by atoms with E-state index < -0.39 is 0 Å². The van der Waals surface area contributed by atoms with E-state index in [4.69, 9.17) is 0 Å². The van der Waals surface area contributed by atoms with Crippen LogP contribution in [0.3, 0.4) is 0 Å². The Labute approximate surface area is 76.7 Å². The van der Waals surface area contributed by atoms with Crippen LogP contribution in [0.2, 0.25) is 0 Å². The van der Waals surface area contributed by atoms with Gasteiger partial charge in [0, 0.05) is 0 Å². The Balaban J connectivity index is 2.11. The summed E-state index contributed by atoms with van der Waals surface area (Å²) in [6.45, 7) is 9.75. The molecule has 2 aliphatic rings. The van der Waals surface area contributed by atoms with Gasteiger partial charge in [-0.05, 0) is 41.9 Å². The van der Waals surface area contributed by atoms with Crippen LogP contribution in [-0.4, -0.2) is 0 Å². The Morgan fingerprint density at radius 1 is 1.25 bits per heavy atom. The summed E-state index contributed by atoms with van der Waals surface area (Å²) < 4.78 is 0. The van der Waals surface area contributed by atoms with E-state index in [2.05, 4.69) is 27.7 Å². The minimum absolute atomic E-state index is 0.784. The number of hydrogen-bond acceptors (Lipinski definition) is 0. The van der Waals surface area contributed by atoms with Gasteiger partial charge in [-0.3, -0.25) is 0 Å². The fraction of sp³-hybridized carbons (Fsp3) is 1.00. The molecule has 0 bridgehead atoms. The minimum atomic E-state index is 0.784. The Bertz CT molecular complexity index is 182. The zero-order chi connectivity index (χ0) is 8.93. The highest BCUT2D eigenvalue weighted by Crippen LogP contribution is 2.70. The number of rotatable bonds is 1. The first-order valence-corrected chi connectivity index (χ1v) is 5.59. The highest BCUT2D eigenvalue weighted by Gasteiger charge is 2.63. The van der Waals surface area contributed by atoms with Gasteiger partial charge in [0.15, 0.2) is 0 Å². The van der Waals surface area contributed by atoms with Crippen molar-refractivity contribution in [2.75, 3.05) is 0 Å². The van der Waals surface area contributed by atoms with Gasteiger partial charge in [0.1, 0.15) is 0 Å². The maximum Gasteiger partial charge on any atom is -0.0215 e. The van der Waals surface area contributed by atoms with E-state index in [0.717, 1.165) is 29.1 Å². The molecule has 2 fully saturated rings. The van der Waals surface area contributed by atoms with Crippen molar-refractivity contribution >= 4 is 0 Å². The van der Waals surface area contributed by atoms with Crippen molar-refractivity contribution in [3.05, 3.63) is 0 Å². The van der Waals surface area contributed by atoms with Gasteiger partial charge < -0.3 is 0 Å². The van der Waals surface area contributed by atoms with Crippen LogP contribution < -0.4 is 0 Å². The molecule has 2 saturated carbocycles. The van der Waals surface area contributed by atoms with Gasteiger partial charge in [0.05, 0.1) is 0 Å². The lowest BCUT2D eigenvalue weighted by atomic mass is 9.76. The second-order valence-corrected chi connectivity index (χ2v) is 5.54. The van der Waals surface area contributed by atoms with Gasteiger partial charge in [-0.1, -0.05) is 34.1 Å². The topological polar surface area (TPSA) is 0 Å². The van der Waals surface area contributed by atoms with Crippen LogP contribution in [0.1, 0.15) is 47.0 Å². The highest BCUT2D eigenvalue weighted by molar-refractivity contribution is 5.12. The molecule has 0 heterocycles. The van der Waals surface area contributed by atoms with Crippen molar-refractivity contribution in [3.63, 3.8) is 0 Å². The quantitative estimate of drug-likeness (QED) is 0.557. The molecule has 2 rings (SSSR count). The number of fused-ring (bicyclic) bond motifs is 1. The van der Waals surface area contributed by atoms with Crippen molar-refractivity contribution < 1.29 is 0 Å². The summed E-state index contributed by atoms with van der Waals surface area (Å²) in [5.74, 6) is 4.04. The first-order valence-electron chi connectivity index (χ1n) is 5.59. The summed E-state index contributed by atoms with van der Waals surface area (Å²) in [7, 11) is 0. The maximum atomic E-state index is 2.47. The number of hydrogen-bond donors (Lipinski definition) is 0. The predicted octanol–water partition coefficient (Wildman–Crippen LogP) is 3.71. The molecule has 0 radical (unpaired) electrons. The van der Waals surface area contributed by atoms with Crippen LogP contribution in [0, 0.1) is 29.1 Å². The molecule has 4 atom stereocenters. The average molecular weight is 166 g/mol. The molecule has 70 valence electrons. The molecule has 0 saturated heterocycles. The lowest BCUT2D eigenvalue weighted by molar-refractivity contribution is 0.209. The fourth-order valence-electron chi connectivity index (χ4n) is 3.88. The van der Waals surface area contributed by atoms with Gasteiger partial charge >= 0.3 is 0 Å². The zero-order valence-electron chi connectivity index (χ0n) is 8.93. The Kier molecular flexibility index (Phi) is 1.79. The van der Waals surface area contributed by atoms with Crippen molar-refractivity contribution in [1.82, 2.24) is 0 Å². The summed E-state index contributed by atoms with van der Waals surface area (Å²) in [5.41, 5.74) is 0.784. The van der Waals surface area contributed by atoms with Crippen LogP contribution >= 0.6 is 0 Å². The van der Waals surface area contributed by atoms with Gasteiger partial charge in [-0.2, -0.15) is 0 Å². The molecule has 0 nitrogen and oxygen atoms in total. The van der Waals surface area contributed by atoms with E-state index in [1.54, 1.807) is 0 Å². The third kappa shape index (κ3) is 0.900. The molecule has 0 aromatic rings. The van der Waals surface area contributed by atoms with Crippen molar-refractivity contribution in [1.29, 1.82) is 0 Å². The van der Waals surface area contributed by atoms with E-state index in [0.29, 0.717) is 0 Å². The molecular weight excluding hydrogens is 144 g/mol. The van der Waals surface area contributed by atoms with E-state index in [-0.39, 0.29) is 0 Å². The Hall–Kier alpha value is 0. The first-order chi connectivity index (χ1) is 5.59. The lowest BCUT2D eigenvalue weighted by Crippen LogP contribution is -2.20. The molecule has 0 aromatic heterocycles. The van der Waals surface area contributed by atoms with Crippen molar-refractivity contribution in [3.8, 4) is 0 Å². The third-order valence-corrected chi connectivity index (χ3v) is 4.83. The molecule has 2 aliphatic carbocycles. The molecule has 0 aromatic carbocycles. The zero-order valence-corrected chi connectivity index (χ0v) is 8.93. The molecule has 0 heteroatoms. The standard InChI is InChI=1S/C12H22/c1-8(2)12-6-5-9(3)7-11(12)10(12)4/h8-11H,5-7H2,1-4H3. The molecule has 0 spiro atoms. The monoisotopic (exact) mass is 166 g/mol. The van der Waals surface area contributed by atoms with Crippen LogP contribution in [-0.2, 0) is 0 Å². The van der Waals surface area contributed by atoms with Crippen LogP contribution in [0.5, 0.6) is 0 Å². The highest BCUT2D eigenvalue weighted by atomic mass is 14.7. The van der Waals surface area contributed by atoms with Crippen LogP contribution in [0.15, 0.2) is 0 Å². The average Bonchev–Trinajstić information content (AvgIpc) is 2.58. The van der Waals surface area contributed by atoms with E-state index >= 15 is 0 Å². The largest absolute Gasteiger partial charge is 0.0625 e. The molecular formula is C12H22. The maximum absolute atomic E-state index is 2.47. The second-order valence-electron chi connectivity index (χ2n) is 5.54. The van der Waals surface area contributed by atoms with Crippen molar-refractivity contribution in [2.45, 2.75) is 47.0 Å². The molecule has 0 amide bonds. The molecule has 4 unspecified atom stereocenters. The second kappa shape index (κ2) is 2.49. The minimum Gasteiger partial charge on any atom is -0.0625 e. The molecule has 12 heavy (non-hydrogen) atoms. The third-order valence-electron chi connectivity index (χ3n) is 4.83. The van der Waals surface area contributed by atoms with Gasteiger partial charge in [0.2, 0.25) is 0 Å². The van der Waals surface area contributed by atoms with E-state index in [9.17, 15) is 0 Å². The summed E-state index contributed by atoms with van der Waals surface area (Å²) >= 11 is 0. The van der Waals surface area contributed by atoms with Crippen LogP contribution in [0.4, 0.5) is 0 Å². The van der Waals surface area contributed by atoms with Gasteiger partial charge in [-0.15, -0.1) is 0 Å². The Morgan fingerprint density at radius 3 is 2.42 bits per heavy atom. The lowest BCUT2D eigenvalue weighted by Gasteiger charge is -2.29. The van der Waals surface area contributed by atoms with Crippen LogP contribution in [0.25, 0.3) is 0 Å². The normalized spacial score (nSPS) is 52.2.